The van der Waals surface area contributed by atoms with E-state index in [2.05, 4.69) is 0 Å². The number of halogens is 1. The molecule has 0 fully saturated rings. The van der Waals surface area contributed by atoms with Crippen molar-refractivity contribution in [2.45, 2.75) is 0 Å². The van der Waals surface area contributed by atoms with Crippen LogP contribution >= 0.6 is 0 Å². The molecule has 4 heteroatoms. The Hall–Kier alpha value is -1.32. The molecule has 3 nitrogen and oxygen atoms in total. The molecule has 0 bridgehead atoms. The Labute approximate surface area is 56.3 Å². The Balaban J connectivity index is 3.49. The summed E-state index contributed by atoms with van der Waals surface area (Å²) in [5.41, 5.74) is -0.699. The van der Waals surface area contributed by atoms with Gasteiger partial charge in [0.15, 0.2) is 0 Å². The first-order valence-electron chi connectivity index (χ1n) is 2.67. The van der Waals surface area contributed by atoms with Gasteiger partial charge in [0.05, 0.1) is 0 Å². The summed E-state index contributed by atoms with van der Waals surface area (Å²) in [7, 11) is 1.40. The fourth-order valence-electron chi connectivity index (χ4n) is 0.593. The molecule has 54 valence electrons. The van der Waals surface area contributed by atoms with Crippen LogP contribution in [0.15, 0.2) is 17.1 Å². The van der Waals surface area contributed by atoms with E-state index in [0.717, 1.165) is 10.6 Å². The summed E-state index contributed by atoms with van der Waals surface area (Å²) in [5, 5.41) is 8.68. The number of pyridine rings is 1. The molecule has 1 aromatic heterocycles. The van der Waals surface area contributed by atoms with Gasteiger partial charge in [-0.25, -0.2) is 0 Å². The molecule has 0 spiro atoms. The lowest BCUT2D eigenvalue weighted by Crippen LogP contribution is -2.07. The molecule has 0 saturated carbocycles. The van der Waals surface area contributed by atoms with E-state index in [4.69, 9.17) is 5.11 Å². The number of aromatic nitrogens is 1. The van der Waals surface area contributed by atoms with Crippen LogP contribution in [0.2, 0.25) is 0 Å². The van der Waals surface area contributed by atoms with E-state index in [0.29, 0.717) is 0 Å². The average molecular weight is 143 g/mol. The van der Waals surface area contributed by atoms with E-state index >= 15 is 0 Å². The third-order valence-electron chi connectivity index (χ3n) is 1.19. The lowest BCUT2D eigenvalue weighted by molar-refractivity contribution is 0.395. The third kappa shape index (κ3) is 0.877. The van der Waals surface area contributed by atoms with Gasteiger partial charge in [0.2, 0.25) is 17.1 Å². The summed E-state index contributed by atoms with van der Waals surface area (Å²) in [6, 6.07) is 1.10. The van der Waals surface area contributed by atoms with Crippen LogP contribution in [-0.4, -0.2) is 9.67 Å². The first-order chi connectivity index (χ1) is 4.63. The second-order valence-electron chi connectivity index (χ2n) is 1.93. The molecule has 0 atom stereocenters. The smallest absolute Gasteiger partial charge is 0.239 e. The molecule has 1 rings (SSSR count). The van der Waals surface area contributed by atoms with E-state index < -0.39 is 17.1 Å². The summed E-state index contributed by atoms with van der Waals surface area (Å²) in [6.45, 7) is 0. The second kappa shape index (κ2) is 2.13. The Bertz CT molecular complexity index is 305. The van der Waals surface area contributed by atoms with Gasteiger partial charge in [-0.3, -0.25) is 4.79 Å². The predicted molar refractivity (Wildman–Crippen MR) is 33.3 cm³/mol. The number of rotatable bonds is 0. The van der Waals surface area contributed by atoms with Crippen LogP contribution in [0.3, 0.4) is 0 Å². The third-order valence-corrected chi connectivity index (χ3v) is 1.19. The molecule has 10 heavy (non-hydrogen) atoms. The normalized spacial score (nSPS) is 9.80. The van der Waals surface area contributed by atoms with Crippen LogP contribution in [0.1, 0.15) is 0 Å². The Kier molecular flexibility index (Phi) is 1.45. The number of nitrogens with zero attached hydrogens (tertiary/aromatic N) is 1. The quantitative estimate of drug-likeness (QED) is 0.528. The minimum atomic E-state index is -0.910. The molecule has 0 saturated heterocycles. The zero-order chi connectivity index (χ0) is 7.72. The van der Waals surface area contributed by atoms with Crippen LogP contribution in [-0.2, 0) is 7.05 Å². The summed E-state index contributed by atoms with van der Waals surface area (Å²) >= 11 is 0. The predicted octanol–water partition coefficient (Wildman–Crippen LogP) is 0.230. The second-order valence-corrected chi connectivity index (χ2v) is 1.93. The van der Waals surface area contributed by atoms with Gasteiger partial charge in [-0.05, 0) is 0 Å². The largest absolute Gasteiger partial charge is 0.501 e. The number of hydrogen-bond acceptors (Lipinski definition) is 2. The maximum Gasteiger partial charge on any atom is 0.239 e. The highest BCUT2D eigenvalue weighted by atomic mass is 19.1. The lowest BCUT2D eigenvalue weighted by Gasteiger charge is -1.99. The monoisotopic (exact) mass is 143 g/mol. The molecule has 0 unspecified atom stereocenters. The van der Waals surface area contributed by atoms with Gasteiger partial charge in [-0.2, -0.15) is 4.39 Å². The molecule has 1 aromatic rings. The zero-order valence-electron chi connectivity index (χ0n) is 5.34. The summed E-state index contributed by atoms with van der Waals surface area (Å²) in [4.78, 5) is 10.5. The summed E-state index contributed by atoms with van der Waals surface area (Å²) in [5.74, 6) is -1.74. The first kappa shape index (κ1) is 6.80. The number of aromatic hydroxyl groups is 1. The molecule has 0 aliphatic heterocycles. The van der Waals surface area contributed by atoms with Crippen molar-refractivity contribution in [3.05, 3.63) is 28.4 Å². The van der Waals surface area contributed by atoms with Gasteiger partial charge in [0.1, 0.15) is 0 Å². The Morgan fingerprint density at radius 2 is 2.30 bits per heavy atom. The average Bonchev–Trinajstić information content (AvgIpc) is 1.93. The summed E-state index contributed by atoms with van der Waals surface area (Å²) in [6.07, 6.45) is 1.25. The summed E-state index contributed by atoms with van der Waals surface area (Å²) < 4.78 is 13.5. The highest BCUT2D eigenvalue weighted by Gasteiger charge is 2.04. The minimum Gasteiger partial charge on any atom is -0.501 e. The number of hydrogen-bond donors (Lipinski definition) is 1. The van der Waals surface area contributed by atoms with Gasteiger partial charge in [-0.1, -0.05) is 0 Å². The van der Waals surface area contributed by atoms with Gasteiger partial charge in [0.25, 0.3) is 0 Å². The maximum absolute atomic E-state index is 12.5. The fourth-order valence-corrected chi connectivity index (χ4v) is 0.593. The number of aryl methyl sites for hydroxylation is 1. The van der Waals surface area contributed by atoms with Gasteiger partial charge in [-0.15, -0.1) is 0 Å². The highest BCUT2D eigenvalue weighted by molar-refractivity contribution is 5.16. The Morgan fingerprint density at radius 1 is 1.70 bits per heavy atom. The molecular weight excluding hydrogens is 137 g/mol. The topological polar surface area (TPSA) is 42.2 Å². The van der Waals surface area contributed by atoms with Crippen molar-refractivity contribution >= 4 is 0 Å². The molecular formula is C6H6FNO2. The van der Waals surface area contributed by atoms with E-state index in [1.165, 1.54) is 13.2 Å². The molecule has 0 aliphatic carbocycles. The van der Waals surface area contributed by atoms with Crippen LogP contribution in [0.4, 0.5) is 4.39 Å². The molecule has 0 amide bonds. The van der Waals surface area contributed by atoms with Crippen molar-refractivity contribution in [2.75, 3.05) is 0 Å². The van der Waals surface area contributed by atoms with Gasteiger partial charge >= 0.3 is 0 Å². The zero-order valence-corrected chi connectivity index (χ0v) is 5.34. The van der Waals surface area contributed by atoms with Crippen LogP contribution < -0.4 is 5.43 Å². The van der Waals surface area contributed by atoms with Crippen LogP contribution in [0, 0.1) is 5.95 Å². The standard InChI is InChI=1S/C6H6FNO2/c1-8-3-2-4(9)5(10)6(8)7/h2-3,10H,1H3. The van der Waals surface area contributed by atoms with E-state index in [1.54, 1.807) is 0 Å². The van der Waals surface area contributed by atoms with Crippen molar-refractivity contribution in [3.8, 4) is 5.75 Å². The van der Waals surface area contributed by atoms with Crippen molar-refractivity contribution in [1.82, 2.24) is 4.57 Å². The van der Waals surface area contributed by atoms with E-state index in [1.807, 2.05) is 0 Å². The van der Waals surface area contributed by atoms with E-state index in [9.17, 15) is 9.18 Å². The van der Waals surface area contributed by atoms with Gasteiger partial charge < -0.3 is 9.67 Å². The van der Waals surface area contributed by atoms with Crippen molar-refractivity contribution in [3.63, 3.8) is 0 Å². The molecule has 0 radical (unpaired) electrons. The van der Waals surface area contributed by atoms with Crippen molar-refractivity contribution < 1.29 is 9.50 Å². The molecule has 1 heterocycles. The van der Waals surface area contributed by atoms with Crippen LogP contribution in [0.5, 0.6) is 5.75 Å². The molecule has 1 N–H and O–H groups in total. The lowest BCUT2D eigenvalue weighted by atomic mass is 10.4. The van der Waals surface area contributed by atoms with Crippen molar-refractivity contribution in [2.24, 2.45) is 7.05 Å². The molecule has 0 aromatic carbocycles. The minimum absolute atomic E-state index is 0.699. The SMILES string of the molecule is Cn1ccc(=O)c(O)c1F. The fraction of sp³-hybridized carbons (Fsp3) is 0.167. The maximum atomic E-state index is 12.5. The Morgan fingerprint density at radius 3 is 2.80 bits per heavy atom. The molecule has 0 aliphatic rings. The van der Waals surface area contributed by atoms with Crippen LogP contribution in [0.25, 0.3) is 0 Å². The van der Waals surface area contributed by atoms with Crippen molar-refractivity contribution in [1.29, 1.82) is 0 Å². The highest BCUT2D eigenvalue weighted by Crippen LogP contribution is 2.05. The van der Waals surface area contributed by atoms with Gasteiger partial charge in [0, 0.05) is 19.3 Å². The van der Waals surface area contributed by atoms with E-state index in [-0.39, 0.29) is 0 Å². The first-order valence-corrected chi connectivity index (χ1v) is 2.67.